The van der Waals surface area contributed by atoms with E-state index in [1.807, 2.05) is 0 Å². The highest BCUT2D eigenvalue weighted by Gasteiger charge is 2.07. The Morgan fingerprint density at radius 1 is 1.31 bits per heavy atom. The lowest BCUT2D eigenvalue weighted by Crippen LogP contribution is -1.91. The fourth-order valence-electron chi connectivity index (χ4n) is 0.967. The number of hydrogen-bond acceptors (Lipinski definition) is 1. The molecule has 0 unspecified atom stereocenters. The van der Waals surface area contributed by atoms with Gasteiger partial charge in [0.1, 0.15) is 17.9 Å². The number of rotatable bonds is 2. The fourth-order valence-corrected chi connectivity index (χ4v) is 0.967. The maximum Gasteiger partial charge on any atom is 0.142 e. The lowest BCUT2D eigenvalue weighted by Gasteiger charge is -2.01. The summed E-state index contributed by atoms with van der Waals surface area (Å²) in [4.78, 5) is 9.95. The van der Waals surface area contributed by atoms with Gasteiger partial charge in [-0.25, -0.2) is 8.78 Å². The molecule has 0 N–H and O–H groups in total. The first kappa shape index (κ1) is 9.58. The zero-order valence-corrected chi connectivity index (χ0v) is 7.05. The van der Waals surface area contributed by atoms with Gasteiger partial charge in [-0.15, -0.1) is 0 Å². The minimum atomic E-state index is -0.666. The van der Waals surface area contributed by atoms with Crippen LogP contribution in [0.15, 0.2) is 18.2 Å². The predicted molar refractivity (Wildman–Crippen MR) is 46.2 cm³/mol. The smallest absolute Gasteiger partial charge is 0.142 e. The van der Waals surface area contributed by atoms with Crippen molar-refractivity contribution in [1.29, 1.82) is 0 Å². The van der Waals surface area contributed by atoms with E-state index >= 15 is 0 Å². The molecule has 0 aliphatic rings. The van der Waals surface area contributed by atoms with Gasteiger partial charge in [-0.3, -0.25) is 4.79 Å². The van der Waals surface area contributed by atoms with E-state index in [4.69, 9.17) is 0 Å². The van der Waals surface area contributed by atoms with Crippen LogP contribution in [0.2, 0.25) is 0 Å². The van der Waals surface area contributed by atoms with Crippen LogP contribution in [0.1, 0.15) is 11.1 Å². The molecule has 0 atom stereocenters. The van der Waals surface area contributed by atoms with Gasteiger partial charge in [0.2, 0.25) is 0 Å². The molecule has 0 saturated carbocycles. The molecule has 0 spiro atoms. The highest BCUT2D eigenvalue weighted by atomic mass is 19.1. The van der Waals surface area contributed by atoms with Crippen molar-refractivity contribution >= 4 is 12.4 Å². The van der Waals surface area contributed by atoms with E-state index in [9.17, 15) is 13.6 Å². The summed E-state index contributed by atoms with van der Waals surface area (Å²) in [5, 5.41) is 0. The van der Waals surface area contributed by atoms with Gasteiger partial charge < -0.3 is 0 Å². The number of hydrogen-bond donors (Lipinski definition) is 0. The van der Waals surface area contributed by atoms with Crippen molar-refractivity contribution in [2.45, 2.75) is 6.92 Å². The standard InChI is InChI=1S/C10H8F2O/c1-7-4-5-9(11)8(10(7)12)3-2-6-13/h2-6H,1H3. The molecule has 1 rings (SSSR count). The number of aldehydes is 1. The number of allylic oxidation sites excluding steroid dienone is 1. The van der Waals surface area contributed by atoms with Crippen molar-refractivity contribution in [1.82, 2.24) is 0 Å². The minimum Gasteiger partial charge on any atom is -0.299 e. The van der Waals surface area contributed by atoms with Crippen molar-refractivity contribution in [2.24, 2.45) is 0 Å². The van der Waals surface area contributed by atoms with Gasteiger partial charge in [-0.2, -0.15) is 0 Å². The lowest BCUT2D eigenvalue weighted by molar-refractivity contribution is -0.104. The molecular formula is C10H8F2O. The molecule has 1 aromatic rings. The summed E-state index contributed by atoms with van der Waals surface area (Å²) in [6, 6.07) is 2.52. The quantitative estimate of drug-likeness (QED) is 0.507. The van der Waals surface area contributed by atoms with Crippen LogP contribution in [0.3, 0.4) is 0 Å². The van der Waals surface area contributed by atoms with E-state index in [1.165, 1.54) is 19.1 Å². The van der Waals surface area contributed by atoms with E-state index in [2.05, 4.69) is 0 Å². The van der Waals surface area contributed by atoms with Gasteiger partial charge >= 0.3 is 0 Å². The number of carbonyl (C=O) groups is 1. The molecule has 1 aromatic carbocycles. The first-order valence-corrected chi connectivity index (χ1v) is 3.73. The summed E-state index contributed by atoms with van der Waals surface area (Å²) in [5.41, 5.74) is 0.180. The Morgan fingerprint density at radius 2 is 2.00 bits per heavy atom. The first-order chi connectivity index (χ1) is 6.16. The van der Waals surface area contributed by atoms with Crippen LogP contribution in [0.25, 0.3) is 6.08 Å². The second-order valence-electron chi connectivity index (χ2n) is 2.59. The van der Waals surface area contributed by atoms with Gasteiger partial charge in [-0.05, 0) is 30.7 Å². The molecule has 13 heavy (non-hydrogen) atoms. The summed E-state index contributed by atoms with van der Waals surface area (Å²) in [6.07, 6.45) is 2.65. The van der Waals surface area contributed by atoms with Crippen LogP contribution in [0, 0.1) is 18.6 Å². The van der Waals surface area contributed by atoms with Crippen LogP contribution in [0.5, 0.6) is 0 Å². The molecular weight excluding hydrogens is 174 g/mol. The third kappa shape index (κ3) is 1.99. The third-order valence-corrected chi connectivity index (χ3v) is 1.66. The monoisotopic (exact) mass is 182 g/mol. The highest BCUT2D eigenvalue weighted by molar-refractivity contribution is 5.74. The van der Waals surface area contributed by atoms with E-state index in [0.29, 0.717) is 11.8 Å². The SMILES string of the molecule is Cc1ccc(F)c(C=CC=O)c1F. The summed E-state index contributed by atoms with van der Waals surface area (Å²) in [5.74, 6) is -1.29. The van der Waals surface area contributed by atoms with E-state index in [1.54, 1.807) is 0 Å². The zero-order chi connectivity index (χ0) is 9.84. The number of aryl methyl sites for hydroxylation is 1. The van der Waals surface area contributed by atoms with Gasteiger partial charge in [0.05, 0.1) is 0 Å². The van der Waals surface area contributed by atoms with E-state index < -0.39 is 11.6 Å². The fraction of sp³-hybridized carbons (Fsp3) is 0.100. The third-order valence-electron chi connectivity index (χ3n) is 1.66. The Kier molecular flexibility index (Phi) is 2.90. The summed E-state index contributed by atoms with van der Waals surface area (Å²) in [6.45, 7) is 1.53. The Morgan fingerprint density at radius 3 is 2.62 bits per heavy atom. The van der Waals surface area contributed by atoms with Gasteiger partial charge in [0.25, 0.3) is 0 Å². The van der Waals surface area contributed by atoms with Crippen molar-refractivity contribution in [3.8, 4) is 0 Å². The van der Waals surface area contributed by atoms with Gasteiger partial charge in [-0.1, -0.05) is 6.07 Å². The molecule has 3 heteroatoms. The molecule has 1 nitrogen and oxygen atoms in total. The second-order valence-corrected chi connectivity index (χ2v) is 2.59. The second kappa shape index (κ2) is 3.94. The normalized spacial score (nSPS) is 10.7. The molecule has 0 fully saturated rings. The lowest BCUT2D eigenvalue weighted by atomic mass is 10.1. The molecule has 68 valence electrons. The largest absolute Gasteiger partial charge is 0.299 e. The molecule has 0 aromatic heterocycles. The molecule has 0 radical (unpaired) electrons. The van der Waals surface area contributed by atoms with Crippen molar-refractivity contribution in [3.05, 3.63) is 41.0 Å². The molecule has 0 heterocycles. The average molecular weight is 182 g/mol. The van der Waals surface area contributed by atoms with Crippen LogP contribution in [-0.4, -0.2) is 6.29 Å². The van der Waals surface area contributed by atoms with Gasteiger partial charge in [0, 0.05) is 5.56 Å². The highest BCUT2D eigenvalue weighted by Crippen LogP contribution is 2.17. The summed E-state index contributed by atoms with van der Waals surface area (Å²) < 4.78 is 26.1. The predicted octanol–water partition coefficient (Wildman–Crippen LogP) is 2.49. The Hall–Kier alpha value is -1.51. The molecule has 0 amide bonds. The minimum absolute atomic E-state index is 0.174. The van der Waals surface area contributed by atoms with Gasteiger partial charge in [0.15, 0.2) is 0 Å². The van der Waals surface area contributed by atoms with Crippen molar-refractivity contribution in [2.75, 3.05) is 0 Å². The Balaban J connectivity index is 3.25. The zero-order valence-electron chi connectivity index (χ0n) is 7.05. The van der Waals surface area contributed by atoms with Crippen LogP contribution >= 0.6 is 0 Å². The summed E-state index contributed by atoms with van der Waals surface area (Å²) in [7, 11) is 0. The van der Waals surface area contributed by atoms with Crippen LogP contribution in [-0.2, 0) is 4.79 Å². The van der Waals surface area contributed by atoms with E-state index in [0.717, 1.165) is 12.2 Å². The molecule has 0 aliphatic carbocycles. The van der Waals surface area contributed by atoms with E-state index in [-0.39, 0.29) is 5.56 Å². The maximum absolute atomic E-state index is 13.2. The maximum atomic E-state index is 13.2. The topological polar surface area (TPSA) is 17.1 Å². The molecule has 0 saturated heterocycles. The summed E-state index contributed by atoms with van der Waals surface area (Å²) >= 11 is 0. The van der Waals surface area contributed by atoms with Crippen molar-refractivity contribution in [3.63, 3.8) is 0 Å². The Bertz CT molecular complexity index is 356. The molecule has 0 bridgehead atoms. The number of halogens is 2. The Labute approximate surface area is 74.7 Å². The van der Waals surface area contributed by atoms with Crippen LogP contribution in [0.4, 0.5) is 8.78 Å². The van der Waals surface area contributed by atoms with Crippen molar-refractivity contribution < 1.29 is 13.6 Å². The number of benzene rings is 1. The number of carbonyl (C=O) groups excluding carboxylic acids is 1. The average Bonchev–Trinajstić information content (AvgIpc) is 2.12. The van der Waals surface area contributed by atoms with Crippen LogP contribution < -0.4 is 0 Å². The molecule has 0 aliphatic heterocycles. The first-order valence-electron chi connectivity index (χ1n) is 3.73.